The third-order valence-electron chi connectivity index (χ3n) is 9.60. The number of aromatic amines is 1. The Morgan fingerprint density at radius 2 is 2.00 bits per heavy atom. The Kier molecular flexibility index (Phi) is 10.9. The van der Waals surface area contributed by atoms with Crippen molar-refractivity contribution in [3.8, 4) is 11.5 Å². The van der Waals surface area contributed by atoms with Crippen molar-refractivity contribution in [2.45, 2.75) is 69.6 Å². The summed E-state index contributed by atoms with van der Waals surface area (Å²) in [4.78, 5) is 29.5. The van der Waals surface area contributed by atoms with Gasteiger partial charge in [-0.25, -0.2) is 4.79 Å². The van der Waals surface area contributed by atoms with Crippen molar-refractivity contribution in [3.05, 3.63) is 69.3 Å². The maximum Gasteiger partial charge on any atom is 0.411 e. The number of halogens is 1. The van der Waals surface area contributed by atoms with Gasteiger partial charge in [0.05, 0.1) is 29.4 Å². The highest BCUT2D eigenvalue weighted by Crippen LogP contribution is 2.45. The van der Waals surface area contributed by atoms with E-state index in [0.29, 0.717) is 46.4 Å². The number of benzene rings is 2. The molecule has 3 aromatic rings. The van der Waals surface area contributed by atoms with Crippen molar-refractivity contribution >= 4 is 34.3 Å². The minimum absolute atomic E-state index is 0.0676. The number of hydrogen-bond donors (Lipinski definition) is 5. The van der Waals surface area contributed by atoms with E-state index in [-0.39, 0.29) is 35.5 Å². The van der Waals surface area contributed by atoms with Gasteiger partial charge < -0.3 is 30.0 Å². The summed E-state index contributed by atoms with van der Waals surface area (Å²) >= 11 is 6.54. The number of H-pyrrole nitrogens is 1. The minimum Gasteiger partial charge on any atom is -0.506 e. The van der Waals surface area contributed by atoms with Gasteiger partial charge >= 0.3 is 6.09 Å². The van der Waals surface area contributed by atoms with Crippen LogP contribution in [0.4, 0.5) is 10.5 Å². The minimum atomic E-state index is -0.917. The monoisotopic (exact) mass is 639 g/mol. The number of nitrogens with zero attached hydrogens (tertiary/aromatic N) is 1. The number of aromatic hydroxyl groups is 1. The molecule has 2 aliphatic carbocycles. The molecule has 2 aliphatic rings. The van der Waals surface area contributed by atoms with Gasteiger partial charge in [-0.1, -0.05) is 36.9 Å². The first-order valence-corrected chi connectivity index (χ1v) is 16.2. The number of aromatic nitrogens is 1. The number of nitrogens with one attached hydrogen (secondary N) is 3. The number of ether oxygens (including phenoxy) is 2. The van der Waals surface area contributed by atoms with Crippen LogP contribution in [0.15, 0.2) is 41.2 Å². The van der Waals surface area contributed by atoms with E-state index in [0.717, 1.165) is 5.56 Å². The van der Waals surface area contributed by atoms with E-state index in [1.807, 2.05) is 0 Å². The van der Waals surface area contributed by atoms with E-state index in [2.05, 4.69) is 34.0 Å². The van der Waals surface area contributed by atoms with E-state index >= 15 is 0 Å². The standard InChI is InChI=1S/C34H44ClN4O6/c1-39(34(14-6-3-7-15-34)23-8-4-5-9-23)16-17-45-33(43)37-27-19-30(44-2)22(18-26(27)35)20-36-21-29(41)24-10-12-28(40)32-25(24)11-13-31(42)38-32/h4,10-13,18-19,23,29,36,40-41H,3,5-9,14-17,20-21H2,1-2H3,(H,37,43)(H,38,42)/t23?,29-/m1/s1. The number of pyridine rings is 1. The molecule has 2 atom stereocenters. The van der Waals surface area contributed by atoms with Crippen LogP contribution in [-0.2, 0) is 11.3 Å². The first-order valence-electron chi connectivity index (χ1n) is 15.8. The lowest BCUT2D eigenvalue weighted by Gasteiger charge is -2.49. The Morgan fingerprint density at radius 3 is 2.73 bits per heavy atom. The summed E-state index contributed by atoms with van der Waals surface area (Å²) < 4.78 is 11.1. The number of fused-ring (bicyclic) bond motifs is 1. The molecule has 1 heterocycles. The van der Waals surface area contributed by atoms with Gasteiger partial charge in [0.25, 0.3) is 0 Å². The molecule has 10 nitrogen and oxygen atoms in total. The molecule has 2 aromatic carbocycles. The fourth-order valence-electron chi connectivity index (χ4n) is 7.18. The zero-order valence-electron chi connectivity index (χ0n) is 26.0. The van der Waals surface area contributed by atoms with Crippen molar-refractivity contribution in [2.75, 3.05) is 39.2 Å². The molecular formula is C34H44ClN4O6. The number of phenolic OH excluding ortho intramolecular Hbond substituents is 1. The normalized spacial score (nSPS) is 17.4. The smallest absolute Gasteiger partial charge is 0.411 e. The second kappa shape index (κ2) is 14.9. The molecule has 0 aliphatic heterocycles. The summed E-state index contributed by atoms with van der Waals surface area (Å²) in [6, 6.07) is 9.35. The molecule has 11 heteroatoms. The molecule has 0 spiro atoms. The number of likely N-dealkylation sites (N-methyl/N-ethyl adjacent to an activating group) is 1. The van der Waals surface area contributed by atoms with Crippen LogP contribution in [0, 0.1) is 12.3 Å². The van der Waals surface area contributed by atoms with Gasteiger partial charge in [0.15, 0.2) is 0 Å². The summed E-state index contributed by atoms with van der Waals surface area (Å²) in [7, 11) is 3.71. The molecular weight excluding hydrogens is 596 g/mol. The molecule has 45 heavy (non-hydrogen) atoms. The summed E-state index contributed by atoms with van der Waals surface area (Å²) in [5, 5.41) is 27.8. The average molecular weight is 640 g/mol. The average Bonchev–Trinajstić information content (AvgIpc) is 3.59. The fourth-order valence-corrected chi connectivity index (χ4v) is 7.41. The number of rotatable bonds is 12. The summed E-state index contributed by atoms with van der Waals surface area (Å²) in [5.41, 5.74) is 1.80. The first-order chi connectivity index (χ1) is 21.7. The van der Waals surface area contributed by atoms with Crippen LogP contribution in [0.2, 0.25) is 5.02 Å². The van der Waals surface area contributed by atoms with Crippen molar-refractivity contribution in [3.63, 3.8) is 0 Å². The Hall–Kier alpha value is -3.31. The number of carbonyl (C=O) groups excluding carboxylic acids is 1. The van der Waals surface area contributed by atoms with Gasteiger partial charge in [-0.3, -0.25) is 15.0 Å². The van der Waals surface area contributed by atoms with E-state index in [1.54, 1.807) is 24.3 Å². The zero-order valence-corrected chi connectivity index (χ0v) is 26.8. The molecule has 1 amide bonds. The van der Waals surface area contributed by atoms with Crippen molar-refractivity contribution < 1.29 is 24.5 Å². The molecule has 0 bridgehead atoms. The first kappa shape index (κ1) is 33.1. The Labute approximate surface area is 269 Å². The summed E-state index contributed by atoms with van der Waals surface area (Å²) in [5.74, 6) is 1.12. The van der Waals surface area contributed by atoms with E-state index in [4.69, 9.17) is 21.1 Å². The molecule has 1 radical (unpaired) electrons. The van der Waals surface area contributed by atoms with Gasteiger partial charge in [-0.2, -0.15) is 0 Å². The van der Waals surface area contributed by atoms with Crippen LogP contribution in [0.5, 0.6) is 11.5 Å². The Morgan fingerprint density at radius 1 is 1.20 bits per heavy atom. The lowest BCUT2D eigenvalue weighted by molar-refractivity contribution is 0.00907. The predicted molar refractivity (Wildman–Crippen MR) is 176 cm³/mol. The third kappa shape index (κ3) is 7.57. The maximum absolute atomic E-state index is 12.7. The van der Waals surface area contributed by atoms with Crippen LogP contribution >= 0.6 is 11.6 Å². The van der Waals surface area contributed by atoms with Crippen molar-refractivity contribution in [1.29, 1.82) is 0 Å². The molecule has 5 rings (SSSR count). The third-order valence-corrected chi connectivity index (χ3v) is 9.91. The molecule has 5 N–H and O–H groups in total. The molecule has 1 unspecified atom stereocenters. The van der Waals surface area contributed by atoms with Crippen molar-refractivity contribution in [1.82, 2.24) is 15.2 Å². The molecule has 2 fully saturated rings. The topological polar surface area (TPSA) is 136 Å². The molecule has 1 aromatic heterocycles. The number of aliphatic hydroxyl groups excluding tert-OH is 1. The van der Waals surface area contributed by atoms with Crippen molar-refractivity contribution in [2.24, 2.45) is 5.92 Å². The SMILES string of the molecule is COc1cc(NC(=O)OCCN(C)C2(C3C[CH]CC3)CCCCC2)c(Cl)cc1CNC[C@@H](O)c1ccc(O)c2[nH]c(=O)ccc12. The Bertz CT molecular complexity index is 1530. The number of amides is 1. The lowest BCUT2D eigenvalue weighted by Crippen LogP contribution is -2.53. The maximum atomic E-state index is 12.7. The summed E-state index contributed by atoms with van der Waals surface area (Å²) in [6.07, 6.45) is 10.8. The van der Waals surface area contributed by atoms with Gasteiger partial charge in [0.2, 0.25) is 5.56 Å². The van der Waals surface area contributed by atoms with E-state index in [1.165, 1.54) is 70.6 Å². The van der Waals surface area contributed by atoms with Crippen LogP contribution < -0.4 is 20.9 Å². The number of aliphatic hydroxyl groups is 1. The second-order valence-electron chi connectivity index (χ2n) is 12.2. The molecule has 2 saturated carbocycles. The zero-order chi connectivity index (χ0) is 32.0. The van der Waals surface area contributed by atoms with E-state index in [9.17, 15) is 19.8 Å². The highest BCUT2D eigenvalue weighted by atomic mass is 35.5. The van der Waals surface area contributed by atoms with Crippen LogP contribution in [-0.4, -0.2) is 65.6 Å². The predicted octanol–water partition coefficient (Wildman–Crippen LogP) is 5.91. The number of carbonyl (C=O) groups is 1. The molecule has 243 valence electrons. The second-order valence-corrected chi connectivity index (χ2v) is 12.6. The van der Waals surface area contributed by atoms with Gasteiger partial charge in [-0.15, -0.1) is 0 Å². The summed E-state index contributed by atoms with van der Waals surface area (Å²) in [6.45, 7) is 1.46. The Balaban J connectivity index is 1.14. The molecule has 0 saturated heterocycles. The highest BCUT2D eigenvalue weighted by molar-refractivity contribution is 6.33. The van der Waals surface area contributed by atoms with Crippen LogP contribution in [0.3, 0.4) is 0 Å². The number of hydrogen-bond acceptors (Lipinski definition) is 8. The lowest BCUT2D eigenvalue weighted by atomic mass is 9.71. The van der Waals surface area contributed by atoms with E-state index < -0.39 is 12.2 Å². The van der Waals surface area contributed by atoms with Gasteiger partial charge in [0.1, 0.15) is 18.1 Å². The highest BCUT2D eigenvalue weighted by Gasteiger charge is 2.43. The number of anilines is 1. The van der Waals surface area contributed by atoms with Crippen LogP contribution in [0.1, 0.15) is 68.6 Å². The van der Waals surface area contributed by atoms with Gasteiger partial charge in [0, 0.05) is 48.3 Å². The number of phenols is 1. The van der Waals surface area contributed by atoms with Gasteiger partial charge in [-0.05, 0) is 75.3 Å². The fraction of sp³-hybridized carbons (Fsp3) is 0.500. The quantitative estimate of drug-likeness (QED) is 0.165. The number of methoxy groups -OCH3 is 1. The largest absolute Gasteiger partial charge is 0.506 e. The van der Waals surface area contributed by atoms with Crippen LogP contribution in [0.25, 0.3) is 10.9 Å².